The molecule has 0 aliphatic carbocycles. The second-order valence-corrected chi connectivity index (χ2v) is 9.37. The van der Waals surface area contributed by atoms with Crippen LogP contribution >= 0.6 is 0 Å². The van der Waals surface area contributed by atoms with Gasteiger partial charge in [0.1, 0.15) is 0 Å². The standard InChI is InChI=1S/C25H52N.ClH/c1-5-6-7-8-9-10-11-12-13-14-15-16-17-18-19-20-21-22-23-24-25-26(2,3)4;/h12-13H,5-11,14-25H2,1-4H3;1H/q+1;/p-1. The van der Waals surface area contributed by atoms with Gasteiger partial charge in [-0.3, -0.25) is 0 Å². The molecule has 2 heteroatoms. The van der Waals surface area contributed by atoms with E-state index in [2.05, 4.69) is 40.2 Å². The Bertz CT molecular complexity index is 293. The average molecular weight is 402 g/mol. The van der Waals surface area contributed by atoms with Crippen LogP contribution in [0.25, 0.3) is 0 Å². The Morgan fingerprint density at radius 2 is 0.815 bits per heavy atom. The molecule has 0 saturated carbocycles. The Balaban J connectivity index is 0. The summed E-state index contributed by atoms with van der Waals surface area (Å²) in [6.45, 7) is 3.62. The Morgan fingerprint density at radius 1 is 0.481 bits per heavy atom. The minimum absolute atomic E-state index is 0. The van der Waals surface area contributed by atoms with Crippen LogP contribution in [0.15, 0.2) is 12.2 Å². The molecule has 0 amide bonds. The van der Waals surface area contributed by atoms with Crippen LogP contribution < -0.4 is 12.4 Å². The van der Waals surface area contributed by atoms with Crippen molar-refractivity contribution in [3.8, 4) is 0 Å². The molecule has 0 unspecified atom stereocenters. The highest BCUT2D eigenvalue weighted by atomic mass is 35.5. The molecule has 0 rings (SSSR count). The van der Waals surface area contributed by atoms with Gasteiger partial charge in [0.05, 0.1) is 27.7 Å². The van der Waals surface area contributed by atoms with Crippen molar-refractivity contribution in [3.05, 3.63) is 12.2 Å². The summed E-state index contributed by atoms with van der Waals surface area (Å²) in [4.78, 5) is 0. The zero-order chi connectivity index (χ0) is 19.3. The van der Waals surface area contributed by atoms with Crippen LogP contribution in [0.3, 0.4) is 0 Å². The lowest BCUT2D eigenvalue weighted by atomic mass is 10.1. The second kappa shape index (κ2) is 22.3. The molecule has 0 aliphatic rings. The lowest BCUT2D eigenvalue weighted by Crippen LogP contribution is -3.00. The lowest BCUT2D eigenvalue weighted by Gasteiger charge is -2.23. The third-order valence-corrected chi connectivity index (χ3v) is 5.34. The fourth-order valence-corrected chi connectivity index (χ4v) is 3.54. The van der Waals surface area contributed by atoms with E-state index in [1.807, 2.05) is 0 Å². The molecule has 0 N–H and O–H groups in total. The van der Waals surface area contributed by atoms with Gasteiger partial charge in [-0.25, -0.2) is 0 Å². The zero-order valence-electron chi connectivity index (χ0n) is 19.4. The van der Waals surface area contributed by atoms with Crippen LogP contribution in [0, 0.1) is 0 Å². The van der Waals surface area contributed by atoms with Crippen molar-refractivity contribution in [2.24, 2.45) is 0 Å². The monoisotopic (exact) mass is 401 g/mol. The van der Waals surface area contributed by atoms with Crippen molar-refractivity contribution >= 4 is 0 Å². The predicted molar refractivity (Wildman–Crippen MR) is 121 cm³/mol. The molecule has 0 bridgehead atoms. The van der Waals surface area contributed by atoms with Crippen LogP contribution in [-0.2, 0) is 0 Å². The van der Waals surface area contributed by atoms with Gasteiger partial charge >= 0.3 is 0 Å². The minimum atomic E-state index is 0. The van der Waals surface area contributed by atoms with Crippen LogP contribution in [-0.4, -0.2) is 32.2 Å². The van der Waals surface area contributed by atoms with Crippen molar-refractivity contribution < 1.29 is 16.9 Å². The molecule has 1 nitrogen and oxygen atoms in total. The quantitative estimate of drug-likeness (QED) is 0.147. The number of nitrogens with zero attached hydrogens (tertiary/aromatic N) is 1. The van der Waals surface area contributed by atoms with E-state index in [9.17, 15) is 0 Å². The van der Waals surface area contributed by atoms with E-state index in [0.717, 1.165) is 4.48 Å². The maximum atomic E-state index is 2.43. The van der Waals surface area contributed by atoms with E-state index < -0.39 is 0 Å². The maximum Gasteiger partial charge on any atom is 0.0780 e. The summed E-state index contributed by atoms with van der Waals surface area (Å²) in [5, 5.41) is 0. The van der Waals surface area contributed by atoms with E-state index in [1.54, 1.807) is 0 Å². The topological polar surface area (TPSA) is 0 Å². The van der Waals surface area contributed by atoms with E-state index in [1.165, 1.54) is 122 Å². The van der Waals surface area contributed by atoms with Gasteiger partial charge in [-0.05, 0) is 38.5 Å². The van der Waals surface area contributed by atoms with Crippen molar-refractivity contribution in [2.45, 2.75) is 122 Å². The van der Waals surface area contributed by atoms with Crippen LogP contribution in [0.4, 0.5) is 0 Å². The molecule has 0 aromatic carbocycles. The molecular weight excluding hydrogens is 350 g/mol. The summed E-state index contributed by atoms with van der Waals surface area (Å²) in [5.74, 6) is 0. The molecule has 0 fully saturated rings. The molecule has 0 aliphatic heterocycles. The van der Waals surface area contributed by atoms with Crippen molar-refractivity contribution in [2.75, 3.05) is 27.7 Å². The number of hydrogen-bond donors (Lipinski definition) is 0. The van der Waals surface area contributed by atoms with E-state index in [4.69, 9.17) is 0 Å². The highest BCUT2D eigenvalue weighted by Crippen LogP contribution is 2.12. The first-order valence-corrected chi connectivity index (χ1v) is 12.0. The average Bonchev–Trinajstić information content (AvgIpc) is 2.59. The number of rotatable bonds is 20. The molecule has 0 aromatic heterocycles. The Hall–Kier alpha value is -0.0100. The summed E-state index contributed by atoms with van der Waals surface area (Å²) in [6, 6.07) is 0. The number of unbranched alkanes of at least 4 members (excludes halogenated alkanes) is 16. The molecule has 0 spiro atoms. The van der Waals surface area contributed by atoms with E-state index >= 15 is 0 Å². The summed E-state index contributed by atoms with van der Waals surface area (Å²) in [6.07, 6.45) is 30.4. The smallest absolute Gasteiger partial charge is 0.0780 e. The molecule has 0 atom stereocenters. The number of hydrogen-bond acceptors (Lipinski definition) is 0. The summed E-state index contributed by atoms with van der Waals surface area (Å²) < 4.78 is 1.12. The first-order chi connectivity index (χ1) is 12.6. The first-order valence-electron chi connectivity index (χ1n) is 12.0. The first kappa shape index (κ1) is 29.2. The van der Waals surface area contributed by atoms with Crippen molar-refractivity contribution in [3.63, 3.8) is 0 Å². The predicted octanol–water partition coefficient (Wildman–Crippen LogP) is 5.29. The van der Waals surface area contributed by atoms with Crippen LogP contribution in [0.5, 0.6) is 0 Å². The highest BCUT2D eigenvalue weighted by molar-refractivity contribution is 4.81. The molecule has 164 valence electrons. The van der Waals surface area contributed by atoms with Crippen molar-refractivity contribution in [1.29, 1.82) is 0 Å². The molecule has 27 heavy (non-hydrogen) atoms. The fraction of sp³-hybridized carbons (Fsp3) is 0.920. The molecule has 0 radical (unpaired) electrons. The van der Waals surface area contributed by atoms with E-state index in [0.29, 0.717) is 0 Å². The van der Waals surface area contributed by atoms with Gasteiger partial charge in [-0.2, -0.15) is 0 Å². The number of quaternary nitrogens is 1. The second-order valence-electron chi connectivity index (χ2n) is 9.37. The zero-order valence-corrected chi connectivity index (χ0v) is 20.2. The van der Waals surface area contributed by atoms with Gasteiger partial charge in [0, 0.05) is 0 Å². The Morgan fingerprint density at radius 3 is 1.19 bits per heavy atom. The molecule has 0 aromatic rings. The largest absolute Gasteiger partial charge is 1.00 e. The van der Waals surface area contributed by atoms with Crippen molar-refractivity contribution in [1.82, 2.24) is 0 Å². The lowest BCUT2D eigenvalue weighted by molar-refractivity contribution is -0.870. The van der Waals surface area contributed by atoms with Gasteiger partial charge in [-0.1, -0.05) is 96.1 Å². The number of halogens is 1. The third kappa shape index (κ3) is 28.3. The molecule has 0 saturated heterocycles. The summed E-state index contributed by atoms with van der Waals surface area (Å²) in [7, 11) is 6.89. The van der Waals surface area contributed by atoms with Gasteiger partial charge in [0.2, 0.25) is 0 Å². The maximum absolute atomic E-state index is 2.43. The third-order valence-electron chi connectivity index (χ3n) is 5.34. The summed E-state index contributed by atoms with van der Waals surface area (Å²) >= 11 is 0. The minimum Gasteiger partial charge on any atom is -1.00 e. The number of allylic oxidation sites excluding steroid dienone is 2. The highest BCUT2D eigenvalue weighted by Gasteiger charge is 2.04. The SMILES string of the molecule is CCCCCCCCC=CCCCCCCCCCCCC[N+](C)(C)C.[Cl-]. The fourth-order valence-electron chi connectivity index (χ4n) is 3.54. The van der Waals surface area contributed by atoms with Crippen LogP contribution in [0.1, 0.15) is 122 Å². The Kier molecular flexibility index (Phi) is 24.1. The summed E-state index contributed by atoms with van der Waals surface area (Å²) in [5.41, 5.74) is 0. The van der Waals surface area contributed by atoms with Gasteiger partial charge < -0.3 is 16.9 Å². The normalized spacial score (nSPS) is 11.9. The molecule has 0 heterocycles. The van der Waals surface area contributed by atoms with Gasteiger partial charge in [-0.15, -0.1) is 0 Å². The Labute approximate surface area is 179 Å². The van der Waals surface area contributed by atoms with Gasteiger partial charge in [0.15, 0.2) is 0 Å². The van der Waals surface area contributed by atoms with E-state index in [-0.39, 0.29) is 12.4 Å². The van der Waals surface area contributed by atoms with Gasteiger partial charge in [0.25, 0.3) is 0 Å². The molecular formula is C25H52ClN. The van der Waals surface area contributed by atoms with Crippen LogP contribution in [0.2, 0.25) is 0 Å².